The van der Waals surface area contributed by atoms with Gasteiger partial charge in [-0.2, -0.15) is 0 Å². The van der Waals surface area contributed by atoms with Gasteiger partial charge in [0.2, 0.25) is 0 Å². The van der Waals surface area contributed by atoms with Crippen molar-refractivity contribution in [2.75, 3.05) is 6.61 Å². The number of nitrogens with zero attached hydrogens (tertiary/aromatic N) is 2. The van der Waals surface area contributed by atoms with Crippen LogP contribution in [0.4, 0.5) is 0 Å². The van der Waals surface area contributed by atoms with E-state index in [4.69, 9.17) is 10.2 Å². The zero-order valence-electron chi connectivity index (χ0n) is 10.2. The number of aromatic carboxylic acids is 1. The Hall–Kier alpha value is -1.88. The van der Waals surface area contributed by atoms with Crippen LogP contribution in [0.5, 0.6) is 0 Å². The van der Waals surface area contributed by atoms with E-state index >= 15 is 0 Å². The van der Waals surface area contributed by atoms with Crippen LogP contribution in [0.15, 0.2) is 24.5 Å². The van der Waals surface area contributed by atoms with Crippen LogP contribution in [-0.2, 0) is 0 Å². The van der Waals surface area contributed by atoms with E-state index in [-0.39, 0.29) is 18.2 Å². The van der Waals surface area contributed by atoms with Crippen LogP contribution in [0.25, 0.3) is 11.0 Å². The van der Waals surface area contributed by atoms with Gasteiger partial charge in [-0.15, -0.1) is 0 Å². The highest BCUT2D eigenvalue weighted by atomic mass is 16.4. The summed E-state index contributed by atoms with van der Waals surface area (Å²) in [5.41, 5.74) is 1.52. The summed E-state index contributed by atoms with van der Waals surface area (Å²) in [7, 11) is 0. The maximum atomic E-state index is 11.1. The topological polar surface area (TPSA) is 75.3 Å². The van der Waals surface area contributed by atoms with E-state index in [1.54, 1.807) is 18.5 Å². The molecule has 5 heteroatoms. The number of rotatable bonds is 5. The van der Waals surface area contributed by atoms with Crippen LogP contribution < -0.4 is 0 Å². The van der Waals surface area contributed by atoms with Gasteiger partial charge in [-0.25, -0.2) is 9.78 Å². The molecule has 2 aromatic rings. The van der Waals surface area contributed by atoms with E-state index in [2.05, 4.69) is 4.98 Å². The number of aromatic nitrogens is 2. The van der Waals surface area contributed by atoms with Crippen molar-refractivity contribution in [2.45, 2.75) is 25.8 Å². The number of carboxylic acids is 1. The smallest absolute Gasteiger partial charge is 0.337 e. The van der Waals surface area contributed by atoms with Gasteiger partial charge in [0.25, 0.3) is 0 Å². The van der Waals surface area contributed by atoms with Crippen molar-refractivity contribution < 1.29 is 15.0 Å². The molecule has 18 heavy (non-hydrogen) atoms. The van der Waals surface area contributed by atoms with Gasteiger partial charge in [-0.1, -0.05) is 13.0 Å². The summed E-state index contributed by atoms with van der Waals surface area (Å²) < 4.78 is 1.94. The van der Waals surface area contributed by atoms with Gasteiger partial charge in [0.1, 0.15) is 5.52 Å². The molecule has 0 saturated carbocycles. The number of benzene rings is 1. The second-order valence-corrected chi connectivity index (χ2v) is 4.20. The molecule has 0 saturated heterocycles. The minimum Gasteiger partial charge on any atom is -0.478 e. The molecule has 1 aromatic heterocycles. The summed E-state index contributed by atoms with van der Waals surface area (Å²) in [6.07, 6.45) is 3.16. The van der Waals surface area contributed by atoms with Gasteiger partial charge < -0.3 is 14.8 Å². The lowest BCUT2D eigenvalue weighted by Crippen LogP contribution is -2.08. The Bertz CT molecular complexity index is 562. The Kier molecular flexibility index (Phi) is 3.62. The van der Waals surface area contributed by atoms with Gasteiger partial charge in [0.15, 0.2) is 0 Å². The third kappa shape index (κ3) is 2.09. The molecule has 1 heterocycles. The Morgan fingerprint density at radius 2 is 2.28 bits per heavy atom. The summed E-state index contributed by atoms with van der Waals surface area (Å²) in [5, 5.41) is 18.2. The molecule has 2 N–H and O–H groups in total. The fourth-order valence-electron chi connectivity index (χ4n) is 2.21. The van der Waals surface area contributed by atoms with Crippen molar-refractivity contribution in [3.05, 3.63) is 30.1 Å². The summed E-state index contributed by atoms with van der Waals surface area (Å²) >= 11 is 0. The predicted molar refractivity (Wildman–Crippen MR) is 67.7 cm³/mol. The number of hydrogen-bond acceptors (Lipinski definition) is 3. The van der Waals surface area contributed by atoms with Gasteiger partial charge >= 0.3 is 5.97 Å². The lowest BCUT2D eigenvalue weighted by atomic mass is 10.1. The zero-order chi connectivity index (χ0) is 13.1. The molecule has 0 aliphatic heterocycles. The zero-order valence-corrected chi connectivity index (χ0v) is 10.2. The first-order valence-corrected chi connectivity index (χ1v) is 5.98. The molecule has 0 aliphatic carbocycles. The van der Waals surface area contributed by atoms with Gasteiger partial charge in [0.05, 0.1) is 17.4 Å². The Morgan fingerprint density at radius 3 is 2.89 bits per heavy atom. The summed E-state index contributed by atoms with van der Waals surface area (Å²) in [5.74, 6) is -0.971. The van der Waals surface area contributed by atoms with Gasteiger partial charge in [0, 0.05) is 12.6 Å². The molecule has 1 unspecified atom stereocenters. The lowest BCUT2D eigenvalue weighted by molar-refractivity contribution is 0.0699. The summed E-state index contributed by atoms with van der Waals surface area (Å²) in [6, 6.07) is 5.27. The molecule has 2 rings (SSSR count). The monoisotopic (exact) mass is 248 g/mol. The standard InChI is InChI=1S/C13H16N2O3/c1-2-9(6-7-16)15-8-14-12-10(13(17)18)4-3-5-11(12)15/h3-5,8-9,16H,2,6-7H2,1H3,(H,17,18). The van der Waals surface area contributed by atoms with Crippen LogP contribution in [0.2, 0.25) is 0 Å². The molecule has 0 aliphatic rings. The van der Waals surface area contributed by atoms with Crippen molar-refractivity contribution >= 4 is 17.0 Å². The highest BCUT2D eigenvalue weighted by molar-refractivity contribution is 6.00. The number of carboxylic acid groups (broad SMARTS) is 1. The first-order chi connectivity index (χ1) is 8.69. The number of aliphatic hydroxyl groups excluding tert-OH is 1. The minimum absolute atomic E-state index is 0.108. The number of fused-ring (bicyclic) bond motifs is 1. The fourth-order valence-corrected chi connectivity index (χ4v) is 2.21. The molecule has 0 radical (unpaired) electrons. The average molecular weight is 248 g/mol. The first kappa shape index (κ1) is 12.6. The first-order valence-electron chi connectivity index (χ1n) is 5.98. The molecular formula is C13H16N2O3. The van der Waals surface area contributed by atoms with Crippen molar-refractivity contribution in [3.8, 4) is 0 Å². The highest BCUT2D eigenvalue weighted by Crippen LogP contribution is 2.24. The number of imidazole rings is 1. The summed E-state index contributed by atoms with van der Waals surface area (Å²) in [4.78, 5) is 15.3. The third-order valence-electron chi connectivity index (χ3n) is 3.16. The van der Waals surface area contributed by atoms with Crippen molar-refractivity contribution in [3.63, 3.8) is 0 Å². The molecule has 5 nitrogen and oxygen atoms in total. The molecule has 0 bridgehead atoms. The normalized spacial score (nSPS) is 12.8. The predicted octanol–water partition coefficient (Wildman–Crippen LogP) is 2.07. The largest absolute Gasteiger partial charge is 0.478 e. The maximum Gasteiger partial charge on any atom is 0.337 e. The van der Waals surface area contributed by atoms with E-state index in [1.165, 1.54) is 0 Å². The number of aliphatic hydroxyl groups is 1. The number of hydrogen-bond donors (Lipinski definition) is 2. The SMILES string of the molecule is CCC(CCO)n1cnc2c(C(=O)O)cccc21. The second-order valence-electron chi connectivity index (χ2n) is 4.20. The maximum absolute atomic E-state index is 11.1. The van der Waals surface area contributed by atoms with Crippen LogP contribution in [0.1, 0.15) is 36.2 Å². The molecule has 0 spiro atoms. The Labute approximate surface area is 105 Å². The molecule has 0 fully saturated rings. The lowest BCUT2D eigenvalue weighted by Gasteiger charge is -2.16. The molecular weight excluding hydrogens is 232 g/mol. The molecule has 1 atom stereocenters. The average Bonchev–Trinajstić information content (AvgIpc) is 2.79. The van der Waals surface area contributed by atoms with E-state index in [1.807, 2.05) is 17.6 Å². The minimum atomic E-state index is -0.971. The third-order valence-corrected chi connectivity index (χ3v) is 3.16. The van der Waals surface area contributed by atoms with Crippen LogP contribution in [0.3, 0.4) is 0 Å². The van der Waals surface area contributed by atoms with E-state index in [0.717, 1.165) is 11.9 Å². The van der Waals surface area contributed by atoms with E-state index in [9.17, 15) is 4.79 Å². The number of para-hydroxylation sites is 1. The second kappa shape index (κ2) is 5.18. The fraction of sp³-hybridized carbons (Fsp3) is 0.385. The van der Waals surface area contributed by atoms with Crippen molar-refractivity contribution in [1.29, 1.82) is 0 Å². The quantitative estimate of drug-likeness (QED) is 0.849. The Balaban J connectivity index is 2.54. The van der Waals surface area contributed by atoms with E-state index < -0.39 is 5.97 Å². The molecule has 1 aromatic carbocycles. The molecule has 96 valence electrons. The van der Waals surface area contributed by atoms with Crippen LogP contribution >= 0.6 is 0 Å². The molecule has 0 amide bonds. The van der Waals surface area contributed by atoms with E-state index in [0.29, 0.717) is 11.9 Å². The number of carbonyl (C=O) groups is 1. The van der Waals surface area contributed by atoms with Crippen LogP contribution in [0, 0.1) is 0 Å². The highest BCUT2D eigenvalue weighted by Gasteiger charge is 2.16. The van der Waals surface area contributed by atoms with Crippen LogP contribution in [-0.4, -0.2) is 32.3 Å². The van der Waals surface area contributed by atoms with Gasteiger partial charge in [-0.05, 0) is 25.0 Å². The van der Waals surface area contributed by atoms with Crippen molar-refractivity contribution in [2.24, 2.45) is 0 Å². The van der Waals surface area contributed by atoms with Crippen molar-refractivity contribution in [1.82, 2.24) is 9.55 Å². The van der Waals surface area contributed by atoms with Gasteiger partial charge in [-0.3, -0.25) is 0 Å². The summed E-state index contributed by atoms with van der Waals surface area (Å²) in [6.45, 7) is 2.14. The Morgan fingerprint density at radius 1 is 1.50 bits per heavy atom.